The fourth-order valence-corrected chi connectivity index (χ4v) is 1.76. The van der Waals surface area contributed by atoms with E-state index in [1.165, 1.54) is 6.08 Å². The maximum absolute atomic E-state index is 11.1. The van der Waals surface area contributed by atoms with Crippen LogP contribution in [-0.4, -0.2) is 19.0 Å². The van der Waals surface area contributed by atoms with E-state index in [1.54, 1.807) is 0 Å². The Hall–Kier alpha value is -1.45. The highest BCUT2D eigenvalue weighted by atomic mass is 16.7. The van der Waals surface area contributed by atoms with Crippen LogP contribution in [0.25, 0.3) is 0 Å². The third-order valence-electron chi connectivity index (χ3n) is 2.76. The number of aryl methyl sites for hydroxylation is 1. The van der Waals surface area contributed by atoms with Crippen molar-refractivity contribution in [1.82, 2.24) is 0 Å². The second-order valence-electron chi connectivity index (χ2n) is 3.99. The molecule has 1 aliphatic rings. The molecule has 1 heterocycles. The smallest absolute Gasteiger partial charge is 0.184 e. The van der Waals surface area contributed by atoms with Gasteiger partial charge in [0.2, 0.25) is 0 Å². The summed E-state index contributed by atoms with van der Waals surface area (Å²) in [6, 6.07) is 8.00. The SMILES string of the molecule is C=CC(=O)CCc1ccc(C2OCCO2)cc1. The van der Waals surface area contributed by atoms with E-state index in [2.05, 4.69) is 6.58 Å². The first-order chi connectivity index (χ1) is 8.29. The molecule has 0 saturated carbocycles. The van der Waals surface area contributed by atoms with Gasteiger partial charge in [0.25, 0.3) is 0 Å². The number of hydrogen-bond donors (Lipinski definition) is 0. The van der Waals surface area contributed by atoms with Crippen LogP contribution in [0.2, 0.25) is 0 Å². The number of allylic oxidation sites excluding steroid dienone is 1. The van der Waals surface area contributed by atoms with Gasteiger partial charge in [-0.3, -0.25) is 4.79 Å². The lowest BCUT2D eigenvalue weighted by Gasteiger charge is -2.09. The molecule has 0 N–H and O–H groups in total. The van der Waals surface area contributed by atoms with Gasteiger partial charge in [0.15, 0.2) is 12.1 Å². The van der Waals surface area contributed by atoms with Crippen molar-refractivity contribution in [3.05, 3.63) is 48.0 Å². The minimum Gasteiger partial charge on any atom is -0.346 e. The first kappa shape index (κ1) is 12.0. The van der Waals surface area contributed by atoms with Gasteiger partial charge in [-0.25, -0.2) is 0 Å². The highest BCUT2D eigenvalue weighted by Crippen LogP contribution is 2.23. The zero-order valence-electron chi connectivity index (χ0n) is 9.72. The van der Waals surface area contributed by atoms with Crippen molar-refractivity contribution in [2.75, 3.05) is 13.2 Å². The minimum atomic E-state index is -0.223. The maximum Gasteiger partial charge on any atom is 0.184 e. The Bertz CT molecular complexity index is 388. The second kappa shape index (κ2) is 5.75. The van der Waals surface area contributed by atoms with Gasteiger partial charge in [-0.15, -0.1) is 0 Å². The van der Waals surface area contributed by atoms with Gasteiger partial charge in [-0.1, -0.05) is 30.8 Å². The summed E-state index contributed by atoms with van der Waals surface area (Å²) < 4.78 is 10.8. The topological polar surface area (TPSA) is 35.5 Å². The summed E-state index contributed by atoms with van der Waals surface area (Å²) in [6.07, 6.45) is 2.41. The van der Waals surface area contributed by atoms with Crippen LogP contribution in [0.3, 0.4) is 0 Å². The lowest BCUT2D eigenvalue weighted by atomic mass is 10.1. The van der Waals surface area contributed by atoms with Crippen LogP contribution >= 0.6 is 0 Å². The van der Waals surface area contributed by atoms with E-state index in [-0.39, 0.29) is 12.1 Å². The monoisotopic (exact) mass is 232 g/mol. The predicted octanol–water partition coefficient (Wildman–Crippen LogP) is 2.42. The van der Waals surface area contributed by atoms with Crippen LogP contribution in [0, 0.1) is 0 Å². The van der Waals surface area contributed by atoms with Crippen molar-refractivity contribution in [2.45, 2.75) is 19.1 Å². The number of ketones is 1. The molecular formula is C14H16O3. The van der Waals surface area contributed by atoms with Crippen LogP contribution in [0.5, 0.6) is 0 Å². The first-order valence-electron chi connectivity index (χ1n) is 5.77. The fraction of sp³-hybridized carbons (Fsp3) is 0.357. The molecule has 1 saturated heterocycles. The molecule has 0 atom stereocenters. The first-order valence-corrected chi connectivity index (χ1v) is 5.77. The Morgan fingerprint density at radius 1 is 1.29 bits per heavy atom. The summed E-state index contributed by atoms with van der Waals surface area (Å²) in [7, 11) is 0. The summed E-state index contributed by atoms with van der Waals surface area (Å²) in [4.78, 5) is 11.1. The van der Waals surface area contributed by atoms with Gasteiger partial charge in [-0.05, 0) is 18.1 Å². The van der Waals surface area contributed by atoms with E-state index in [0.717, 1.165) is 17.5 Å². The zero-order chi connectivity index (χ0) is 12.1. The van der Waals surface area contributed by atoms with Gasteiger partial charge in [-0.2, -0.15) is 0 Å². The Morgan fingerprint density at radius 2 is 1.94 bits per heavy atom. The Morgan fingerprint density at radius 3 is 2.53 bits per heavy atom. The minimum absolute atomic E-state index is 0.0801. The molecule has 0 radical (unpaired) electrons. The number of benzene rings is 1. The highest BCUT2D eigenvalue weighted by molar-refractivity contribution is 5.89. The van der Waals surface area contributed by atoms with Crippen molar-refractivity contribution in [3.8, 4) is 0 Å². The highest BCUT2D eigenvalue weighted by Gasteiger charge is 2.17. The number of carbonyl (C=O) groups excluding carboxylic acids is 1. The average Bonchev–Trinajstić information content (AvgIpc) is 2.90. The quantitative estimate of drug-likeness (QED) is 0.731. The van der Waals surface area contributed by atoms with Crippen molar-refractivity contribution >= 4 is 5.78 Å². The molecule has 1 aromatic rings. The van der Waals surface area contributed by atoms with Gasteiger partial charge >= 0.3 is 0 Å². The Balaban J connectivity index is 1.93. The summed E-state index contributed by atoms with van der Waals surface area (Å²) in [5, 5.41) is 0. The molecule has 0 aliphatic carbocycles. The van der Waals surface area contributed by atoms with E-state index < -0.39 is 0 Å². The van der Waals surface area contributed by atoms with Crippen LogP contribution in [0.4, 0.5) is 0 Å². The van der Waals surface area contributed by atoms with Gasteiger partial charge in [0.05, 0.1) is 13.2 Å². The lowest BCUT2D eigenvalue weighted by Crippen LogP contribution is -1.99. The van der Waals surface area contributed by atoms with Crippen molar-refractivity contribution in [3.63, 3.8) is 0 Å². The molecule has 0 spiro atoms. The van der Waals surface area contributed by atoms with Gasteiger partial charge < -0.3 is 9.47 Å². The van der Waals surface area contributed by atoms with E-state index in [4.69, 9.17) is 9.47 Å². The second-order valence-corrected chi connectivity index (χ2v) is 3.99. The summed E-state index contributed by atoms with van der Waals surface area (Å²) >= 11 is 0. The van der Waals surface area contributed by atoms with Crippen LogP contribution in [-0.2, 0) is 20.7 Å². The standard InChI is InChI=1S/C14H16O3/c1-2-13(15)8-5-11-3-6-12(7-4-11)14-16-9-10-17-14/h2-4,6-7,14H,1,5,8-10H2. The Labute approximate surface area is 101 Å². The maximum atomic E-state index is 11.1. The average molecular weight is 232 g/mol. The van der Waals surface area contributed by atoms with Crippen LogP contribution in [0.1, 0.15) is 23.8 Å². The molecule has 17 heavy (non-hydrogen) atoms. The normalized spacial score (nSPS) is 16.0. The van der Waals surface area contributed by atoms with Crippen molar-refractivity contribution in [2.24, 2.45) is 0 Å². The van der Waals surface area contributed by atoms with Gasteiger partial charge in [0.1, 0.15) is 0 Å². The van der Waals surface area contributed by atoms with E-state index in [9.17, 15) is 4.79 Å². The van der Waals surface area contributed by atoms with Crippen molar-refractivity contribution < 1.29 is 14.3 Å². The van der Waals surface area contributed by atoms with E-state index in [1.807, 2.05) is 24.3 Å². The van der Waals surface area contributed by atoms with E-state index >= 15 is 0 Å². The molecule has 90 valence electrons. The fourth-order valence-electron chi connectivity index (χ4n) is 1.76. The zero-order valence-corrected chi connectivity index (χ0v) is 9.72. The molecule has 0 bridgehead atoms. The van der Waals surface area contributed by atoms with Crippen molar-refractivity contribution in [1.29, 1.82) is 0 Å². The number of rotatable bonds is 5. The molecule has 2 rings (SSSR count). The molecule has 1 aliphatic heterocycles. The molecule has 3 nitrogen and oxygen atoms in total. The molecule has 0 aromatic heterocycles. The number of carbonyl (C=O) groups is 1. The third-order valence-corrected chi connectivity index (χ3v) is 2.76. The molecule has 1 fully saturated rings. The molecule has 0 unspecified atom stereocenters. The Kier molecular flexibility index (Phi) is 4.07. The molecular weight excluding hydrogens is 216 g/mol. The summed E-state index contributed by atoms with van der Waals surface area (Å²) in [6.45, 7) is 4.76. The summed E-state index contributed by atoms with van der Waals surface area (Å²) in [5.41, 5.74) is 2.17. The summed E-state index contributed by atoms with van der Waals surface area (Å²) in [5.74, 6) is 0.0801. The largest absolute Gasteiger partial charge is 0.346 e. The van der Waals surface area contributed by atoms with Crippen LogP contribution < -0.4 is 0 Å². The van der Waals surface area contributed by atoms with Gasteiger partial charge in [0, 0.05) is 12.0 Å². The number of ether oxygens (including phenoxy) is 2. The molecule has 0 amide bonds. The number of hydrogen-bond acceptors (Lipinski definition) is 3. The molecule has 3 heteroatoms. The van der Waals surface area contributed by atoms with Crippen LogP contribution in [0.15, 0.2) is 36.9 Å². The molecule has 1 aromatic carbocycles. The lowest BCUT2D eigenvalue weighted by molar-refractivity contribution is -0.114. The third kappa shape index (κ3) is 3.25. The van der Waals surface area contributed by atoms with E-state index in [0.29, 0.717) is 19.6 Å². The predicted molar refractivity (Wildman–Crippen MR) is 64.6 cm³/mol.